The average molecular weight is 462 g/mol. The van der Waals surface area contributed by atoms with Crippen molar-refractivity contribution in [3.8, 4) is 5.69 Å². The number of amides is 1. The van der Waals surface area contributed by atoms with Crippen LogP contribution < -0.4 is 11.1 Å². The molecule has 0 saturated carbocycles. The Labute approximate surface area is 193 Å². The molecule has 32 heavy (non-hydrogen) atoms. The van der Waals surface area contributed by atoms with Gasteiger partial charge in [0.1, 0.15) is 16.9 Å². The van der Waals surface area contributed by atoms with Gasteiger partial charge >= 0.3 is 0 Å². The molecule has 158 valence electrons. The Morgan fingerprint density at radius 1 is 0.875 bits per heavy atom. The Morgan fingerprint density at radius 3 is 2.12 bits per heavy atom. The van der Waals surface area contributed by atoms with E-state index in [4.69, 9.17) is 38.9 Å². The Kier molecular flexibility index (Phi) is 5.17. The van der Waals surface area contributed by atoms with Gasteiger partial charge in [-0.2, -0.15) is 0 Å². The van der Waals surface area contributed by atoms with Crippen LogP contribution in [0.15, 0.2) is 72.8 Å². The zero-order valence-electron chi connectivity index (χ0n) is 16.7. The van der Waals surface area contributed by atoms with E-state index in [1.165, 1.54) is 0 Å². The molecule has 3 N–H and O–H groups in total. The molecule has 6 nitrogen and oxygen atoms in total. The van der Waals surface area contributed by atoms with E-state index in [2.05, 4.69) is 5.32 Å². The third-order valence-corrected chi connectivity index (χ3v) is 5.68. The van der Waals surface area contributed by atoms with E-state index in [0.29, 0.717) is 38.8 Å². The van der Waals surface area contributed by atoms with Crippen LogP contribution in [0.4, 0.5) is 5.82 Å². The van der Waals surface area contributed by atoms with Crippen molar-refractivity contribution in [3.63, 3.8) is 0 Å². The molecule has 0 unspecified atom stereocenters. The number of hydrogen-bond donors (Lipinski definition) is 2. The highest BCUT2D eigenvalue weighted by atomic mass is 35.5. The first-order valence-corrected chi connectivity index (χ1v) is 10.6. The minimum absolute atomic E-state index is 0.256. The molecule has 0 aliphatic rings. The Morgan fingerprint density at radius 2 is 1.47 bits per heavy atom. The fourth-order valence-electron chi connectivity index (χ4n) is 3.61. The van der Waals surface area contributed by atoms with Crippen LogP contribution in [0, 0.1) is 0 Å². The molecular weight excluding hydrogens is 445 g/mol. The SMILES string of the molecule is Nc1c(C(=O)NCc2ccc(Cl)cc2)c2nc3ccccc3nc2n1-c1ccc(Cl)cc1. The largest absolute Gasteiger partial charge is 0.384 e. The molecule has 0 saturated heterocycles. The summed E-state index contributed by atoms with van der Waals surface area (Å²) in [7, 11) is 0. The first-order chi connectivity index (χ1) is 15.5. The minimum atomic E-state index is -0.334. The summed E-state index contributed by atoms with van der Waals surface area (Å²) in [6.07, 6.45) is 0. The van der Waals surface area contributed by atoms with Gasteiger partial charge in [-0.15, -0.1) is 0 Å². The van der Waals surface area contributed by atoms with E-state index in [-0.39, 0.29) is 17.3 Å². The number of halogens is 2. The quantitative estimate of drug-likeness (QED) is 0.375. The molecule has 2 aromatic heterocycles. The van der Waals surface area contributed by atoms with Crippen molar-refractivity contribution in [2.24, 2.45) is 0 Å². The smallest absolute Gasteiger partial charge is 0.257 e. The number of rotatable bonds is 4. The molecule has 0 aliphatic carbocycles. The van der Waals surface area contributed by atoms with Crippen LogP contribution in [0.2, 0.25) is 10.0 Å². The van der Waals surface area contributed by atoms with Crippen molar-refractivity contribution in [2.75, 3.05) is 5.73 Å². The van der Waals surface area contributed by atoms with Crippen molar-refractivity contribution in [2.45, 2.75) is 6.54 Å². The highest BCUT2D eigenvalue weighted by molar-refractivity contribution is 6.30. The summed E-state index contributed by atoms with van der Waals surface area (Å²) in [6, 6.07) is 21.9. The number of benzene rings is 3. The van der Waals surface area contributed by atoms with Crippen molar-refractivity contribution in [1.82, 2.24) is 19.9 Å². The second-order valence-corrected chi connectivity index (χ2v) is 8.14. The first kappa shape index (κ1) is 20.3. The van der Waals surface area contributed by atoms with Gasteiger partial charge in [-0.05, 0) is 54.1 Å². The van der Waals surface area contributed by atoms with Gasteiger partial charge < -0.3 is 11.1 Å². The zero-order valence-corrected chi connectivity index (χ0v) is 18.2. The van der Waals surface area contributed by atoms with Crippen LogP contribution in [0.5, 0.6) is 0 Å². The average Bonchev–Trinajstić information content (AvgIpc) is 3.08. The predicted molar refractivity (Wildman–Crippen MR) is 128 cm³/mol. The molecule has 0 bridgehead atoms. The summed E-state index contributed by atoms with van der Waals surface area (Å²) in [5, 5.41) is 4.16. The van der Waals surface area contributed by atoms with Crippen LogP contribution in [-0.4, -0.2) is 20.4 Å². The maximum absolute atomic E-state index is 13.2. The first-order valence-electron chi connectivity index (χ1n) is 9.86. The van der Waals surface area contributed by atoms with Crippen molar-refractivity contribution < 1.29 is 4.79 Å². The second-order valence-electron chi connectivity index (χ2n) is 7.27. The number of para-hydroxylation sites is 2. The normalized spacial score (nSPS) is 11.2. The van der Waals surface area contributed by atoms with Crippen molar-refractivity contribution >= 4 is 57.1 Å². The topological polar surface area (TPSA) is 85.8 Å². The van der Waals surface area contributed by atoms with Gasteiger partial charge in [0.25, 0.3) is 5.91 Å². The van der Waals surface area contributed by atoms with E-state index in [0.717, 1.165) is 11.3 Å². The Bertz CT molecular complexity index is 1460. The number of carbonyl (C=O) groups excluding carboxylic acids is 1. The molecule has 5 aromatic rings. The van der Waals surface area contributed by atoms with Gasteiger partial charge in [0, 0.05) is 22.3 Å². The molecule has 0 aliphatic heterocycles. The lowest BCUT2D eigenvalue weighted by molar-refractivity contribution is 0.0953. The molecule has 5 rings (SSSR count). The second kappa shape index (κ2) is 8.15. The van der Waals surface area contributed by atoms with Gasteiger partial charge in [0.15, 0.2) is 5.65 Å². The highest BCUT2D eigenvalue weighted by Crippen LogP contribution is 2.31. The zero-order chi connectivity index (χ0) is 22.2. The van der Waals surface area contributed by atoms with Crippen LogP contribution in [0.25, 0.3) is 27.9 Å². The van der Waals surface area contributed by atoms with Crippen LogP contribution in [0.3, 0.4) is 0 Å². The molecule has 2 heterocycles. The van der Waals surface area contributed by atoms with Crippen molar-refractivity contribution in [1.29, 1.82) is 0 Å². The summed E-state index contributed by atoms with van der Waals surface area (Å²) in [5.41, 5.74) is 10.8. The van der Waals surface area contributed by atoms with Gasteiger partial charge in [-0.25, -0.2) is 9.97 Å². The number of anilines is 1. The van der Waals surface area contributed by atoms with E-state index in [9.17, 15) is 4.79 Å². The lowest BCUT2D eigenvalue weighted by Crippen LogP contribution is -2.24. The Hall–Kier alpha value is -3.61. The predicted octanol–water partition coefficient (Wildman–Crippen LogP) is 5.39. The third kappa shape index (κ3) is 3.64. The molecule has 0 atom stereocenters. The molecule has 1 amide bonds. The number of nitrogens with zero attached hydrogens (tertiary/aromatic N) is 3. The maximum atomic E-state index is 13.2. The molecule has 0 fully saturated rings. The summed E-state index contributed by atoms with van der Waals surface area (Å²) in [6.45, 7) is 0.323. The number of carbonyl (C=O) groups is 1. The van der Waals surface area contributed by atoms with Gasteiger partial charge in [-0.3, -0.25) is 9.36 Å². The highest BCUT2D eigenvalue weighted by Gasteiger charge is 2.24. The third-order valence-electron chi connectivity index (χ3n) is 5.18. The monoisotopic (exact) mass is 461 g/mol. The number of aromatic nitrogens is 3. The number of nitrogens with two attached hydrogens (primary N) is 1. The molecular formula is C24H17Cl2N5O. The number of fused-ring (bicyclic) bond motifs is 2. The fraction of sp³-hybridized carbons (Fsp3) is 0.0417. The fourth-order valence-corrected chi connectivity index (χ4v) is 3.86. The summed E-state index contributed by atoms with van der Waals surface area (Å²) >= 11 is 12.0. The van der Waals surface area contributed by atoms with Crippen LogP contribution in [-0.2, 0) is 6.54 Å². The lowest BCUT2D eigenvalue weighted by Gasteiger charge is -2.08. The number of nitrogen functional groups attached to an aromatic ring is 1. The van der Waals surface area contributed by atoms with Gasteiger partial charge in [-0.1, -0.05) is 47.5 Å². The standard InChI is InChI=1S/C24H17Cl2N5O/c25-15-7-5-14(6-8-15)13-28-24(32)20-21-23(30-19-4-2-1-3-18(19)29-21)31(22(20)27)17-11-9-16(26)10-12-17/h1-12H,13,27H2,(H,28,32). The Balaban J connectivity index is 1.64. The number of nitrogens with one attached hydrogen (secondary N) is 1. The molecule has 8 heteroatoms. The van der Waals surface area contributed by atoms with E-state index in [1.54, 1.807) is 28.8 Å². The minimum Gasteiger partial charge on any atom is -0.384 e. The van der Waals surface area contributed by atoms with E-state index in [1.807, 2.05) is 48.5 Å². The molecule has 3 aromatic carbocycles. The number of hydrogen-bond acceptors (Lipinski definition) is 4. The van der Waals surface area contributed by atoms with E-state index >= 15 is 0 Å². The summed E-state index contributed by atoms with van der Waals surface area (Å²) < 4.78 is 1.72. The van der Waals surface area contributed by atoms with Crippen molar-refractivity contribution in [3.05, 3.63) is 94.0 Å². The van der Waals surface area contributed by atoms with Gasteiger partial charge in [0.05, 0.1) is 11.0 Å². The van der Waals surface area contributed by atoms with Crippen LogP contribution in [0.1, 0.15) is 15.9 Å². The van der Waals surface area contributed by atoms with Crippen LogP contribution >= 0.6 is 23.2 Å². The molecule has 0 radical (unpaired) electrons. The maximum Gasteiger partial charge on any atom is 0.257 e. The van der Waals surface area contributed by atoms with E-state index < -0.39 is 0 Å². The summed E-state index contributed by atoms with van der Waals surface area (Å²) in [4.78, 5) is 22.7. The van der Waals surface area contributed by atoms with Gasteiger partial charge in [0.2, 0.25) is 0 Å². The summed E-state index contributed by atoms with van der Waals surface area (Å²) in [5.74, 6) is -0.0778. The lowest BCUT2D eigenvalue weighted by atomic mass is 10.2. The molecule has 0 spiro atoms.